The van der Waals surface area contributed by atoms with Gasteiger partial charge in [0, 0.05) is 30.5 Å². The third-order valence-corrected chi connectivity index (χ3v) is 2.61. The highest BCUT2D eigenvalue weighted by Gasteiger charge is 2.38. The van der Waals surface area contributed by atoms with E-state index in [1.807, 2.05) is 26.8 Å². The van der Waals surface area contributed by atoms with E-state index >= 15 is 0 Å². The molecule has 0 bridgehead atoms. The van der Waals surface area contributed by atoms with Gasteiger partial charge < -0.3 is 15.4 Å². The van der Waals surface area contributed by atoms with Crippen molar-refractivity contribution in [3.8, 4) is 0 Å². The zero-order valence-electron chi connectivity index (χ0n) is 11.0. The van der Waals surface area contributed by atoms with Crippen LogP contribution in [0.25, 0.3) is 0 Å². The molecule has 2 unspecified atom stereocenters. The molecule has 18 heavy (non-hydrogen) atoms. The summed E-state index contributed by atoms with van der Waals surface area (Å²) in [6.45, 7) is 6.30. The Morgan fingerprint density at radius 1 is 1.56 bits per heavy atom. The molecule has 0 aromatic carbocycles. The molecule has 2 rings (SSSR count). The number of hydrogen-bond acceptors (Lipinski definition) is 4. The molecule has 0 spiro atoms. The molecular formula is C12H20N4O2. The average Bonchev–Trinajstić information content (AvgIpc) is 2.76. The van der Waals surface area contributed by atoms with Gasteiger partial charge in [-0.25, -0.2) is 4.79 Å². The number of nitrogens with one attached hydrogen (secondary N) is 3. The molecule has 3 N–H and O–H groups in total. The van der Waals surface area contributed by atoms with E-state index < -0.39 is 5.60 Å². The van der Waals surface area contributed by atoms with Crippen LogP contribution >= 0.6 is 0 Å². The Morgan fingerprint density at radius 2 is 2.33 bits per heavy atom. The fraction of sp³-hybridized carbons (Fsp3) is 0.667. The fourth-order valence-corrected chi connectivity index (χ4v) is 1.66. The van der Waals surface area contributed by atoms with Gasteiger partial charge in [0.2, 0.25) is 0 Å². The second-order valence-electron chi connectivity index (χ2n) is 5.56. The van der Waals surface area contributed by atoms with Crippen molar-refractivity contribution in [1.29, 1.82) is 0 Å². The van der Waals surface area contributed by atoms with Crippen molar-refractivity contribution in [2.24, 2.45) is 0 Å². The summed E-state index contributed by atoms with van der Waals surface area (Å²) in [5.74, 6) is 0. The van der Waals surface area contributed by atoms with Crippen molar-refractivity contribution in [1.82, 2.24) is 20.8 Å². The molecule has 1 aliphatic rings. The van der Waals surface area contributed by atoms with E-state index in [-0.39, 0.29) is 12.1 Å². The lowest BCUT2D eigenvalue weighted by Crippen LogP contribution is -2.36. The fourth-order valence-electron chi connectivity index (χ4n) is 1.66. The van der Waals surface area contributed by atoms with Gasteiger partial charge in [-0.15, -0.1) is 0 Å². The lowest BCUT2D eigenvalue weighted by Gasteiger charge is -2.19. The number of aromatic nitrogens is 2. The Labute approximate surface area is 106 Å². The third kappa shape index (κ3) is 4.03. The first-order chi connectivity index (χ1) is 8.44. The van der Waals surface area contributed by atoms with E-state index in [9.17, 15) is 4.79 Å². The lowest BCUT2D eigenvalue weighted by molar-refractivity contribution is 0.0522. The normalized spacial score (nSPS) is 22.6. The predicted molar refractivity (Wildman–Crippen MR) is 67.0 cm³/mol. The Morgan fingerprint density at radius 3 is 2.94 bits per heavy atom. The molecule has 1 heterocycles. The van der Waals surface area contributed by atoms with Crippen molar-refractivity contribution in [3.63, 3.8) is 0 Å². The van der Waals surface area contributed by atoms with Gasteiger partial charge in [0.15, 0.2) is 0 Å². The predicted octanol–water partition coefficient (Wildman–Crippen LogP) is 1.16. The minimum absolute atomic E-state index is 0.169. The first kappa shape index (κ1) is 12.9. The monoisotopic (exact) mass is 252 g/mol. The van der Waals surface area contributed by atoms with Gasteiger partial charge in [0.1, 0.15) is 5.60 Å². The summed E-state index contributed by atoms with van der Waals surface area (Å²) in [5.41, 5.74) is 0.593. The van der Waals surface area contributed by atoms with Gasteiger partial charge in [0.05, 0.1) is 0 Å². The molecule has 2 atom stereocenters. The molecule has 1 amide bonds. The Hall–Kier alpha value is -1.56. The minimum atomic E-state index is -0.447. The van der Waals surface area contributed by atoms with E-state index in [4.69, 9.17) is 4.74 Å². The Bertz CT molecular complexity index is 397. The van der Waals surface area contributed by atoms with Crippen LogP contribution in [0.3, 0.4) is 0 Å². The number of amides is 1. The van der Waals surface area contributed by atoms with Crippen LogP contribution in [0.4, 0.5) is 4.79 Å². The van der Waals surface area contributed by atoms with Crippen molar-refractivity contribution in [2.75, 3.05) is 0 Å². The van der Waals surface area contributed by atoms with Crippen LogP contribution in [0.5, 0.6) is 0 Å². The number of ether oxygens (including phenoxy) is 1. The second-order valence-corrected chi connectivity index (χ2v) is 5.56. The number of nitrogens with zero attached hydrogens (tertiary/aromatic N) is 1. The molecule has 100 valence electrons. The highest BCUT2D eigenvalue weighted by molar-refractivity contribution is 5.68. The van der Waals surface area contributed by atoms with Gasteiger partial charge in [-0.1, -0.05) is 0 Å². The maximum atomic E-state index is 11.5. The molecule has 1 saturated carbocycles. The molecule has 6 heteroatoms. The standard InChI is InChI=1S/C12H20N4O2/c1-12(2,3)18-11(17)15-10-6-9(10)13-7-8-4-5-14-16-8/h4-5,9-10,13H,6-7H2,1-3H3,(H,14,16)(H,15,17). The molecule has 1 aromatic heterocycles. The minimum Gasteiger partial charge on any atom is -0.444 e. The molecular weight excluding hydrogens is 232 g/mol. The van der Waals surface area contributed by atoms with Crippen LogP contribution < -0.4 is 10.6 Å². The largest absolute Gasteiger partial charge is 0.444 e. The van der Waals surface area contributed by atoms with Gasteiger partial charge in [0.25, 0.3) is 0 Å². The first-order valence-electron chi connectivity index (χ1n) is 6.15. The summed E-state index contributed by atoms with van der Waals surface area (Å²) in [4.78, 5) is 11.5. The number of alkyl carbamates (subject to hydrolysis) is 1. The third-order valence-electron chi connectivity index (χ3n) is 2.61. The summed E-state index contributed by atoms with van der Waals surface area (Å²) in [7, 11) is 0. The van der Waals surface area contributed by atoms with Crippen molar-refractivity contribution >= 4 is 6.09 Å². The summed E-state index contributed by atoms with van der Waals surface area (Å²) in [6, 6.07) is 2.41. The van der Waals surface area contributed by atoms with E-state index in [1.54, 1.807) is 6.20 Å². The summed E-state index contributed by atoms with van der Waals surface area (Å²) < 4.78 is 5.19. The number of carbonyl (C=O) groups is 1. The smallest absolute Gasteiger partial charge is 0.407 e. The van der Waals surface area contributed by atoms with Crippen LogP contribution in [0.1, 0.15) is 32.9 Å². The van der Waals surface area contributed by atoms with Gasteiger partial charge in [-0.05, 0) is 33.3 Å². The Balaban J connectivity index is 1.64. The molecule has 1 aromatic rings. The van der Waals surface area contributed by atoms with E-state index in [2.05, 4.69) is 20.8 Å². The maximum Gasteiger partial charge on any atom is 0.407 e. The highest BCUT2D eigenvalue weighted by Crippen LogP contribution is 2.22. The van der Waals surface area contributed by atoms with Crippen molar-refractivity contribution in [3.05, 3.63) is 18.0 Å². The average molecular weight is 252 g/mol. The summed E-state index contributed by atoms with van der Waals surface area (Å²) in [6.07, 6.45) is 2.31. The number of hydrogen-bond donors (Lipinski definition) is 3. The Kier molecular flexibility index (Phi) is 3.56. The number of carbonyl (C=O) groups excluding carboxylic acids is 1. The molecule has 0 radical (unpaired) electrons. The highest BCUT2D eigenvalue weighted by atomic mass is 16.6. The van der Waals surface area contributed by atoms with Crippen molar-refractivity contribution < 1.29 is 9.53 Å². The molecule has 0 saturated heterocycles. The van der Waals surface area contributed by atoms with Crippen molar-refractivity contribution in [2.45, 2.75) is 51.4 Å². The lowest BCUT2D eigenvalue weighted by atomic mass is 10.2. The van der Waals surface area contributed by atoms with Gasteiger partial charge in [-0.3, -0.25) is 5.10 Å². The number of aromatic amines is 1. The van der Waals surface area contributed by atoms with Gasteiger partial charge >= 0.3 is 6.09 Å². The molecule has 6 nitrogen and oxygen atoms in total. The zero-order valence-corrected chi connectivity index (χ0v) is 11.0. The van der Waals surface area contributed by atoms with Crippen LogP contribution in [-0.2, 0) is 11.3 Å². The van der Waals surface area contributed by atoms with Crippen LogP contribution in [0.15, 0.2) is 12.3 Å². The number of H-pyrrole nitrogens is 1. The maximum absolute atomic E-state index is 11.5. The first-order valence-corrected chi connectivity index (χ1v) is 6.15. The van der Waals surface area contributed by atoms with Crippen LogP contribution in [0, 0.1) is 0 Å². The second kappa shape index (κ2) is 4.97. The summed E-state index contributed by atoms with van der Waals surface area (Å²) >= 11 is 0. The molecule has 1 fully saturated rings. The van der Waals surface area contributed by atoms with E-state index in [0.29, 0.717) is 6.04 Å². The number of rotatable bonds is 4. The van der Waals surface area contributed by atoms with E-state index in [0.717, 1.165) is 18.7 Å². The SMILES string of the molecule is CC(C)(C)OC(=O)NC1CC1NCc1ccn[nH]1. The van der Waals surface area contributed by atoms with Gasteiger partial charge in [-0.2, -0.15) is 5.10 Å². The van der Waals surface area contributed by atoms with Crippen LogP contribution in [-0.4, -0.2) is 34.0 Å². The van der Waals surface area contributed by atoms with Crippen LogP contribution in [0.2, 0.25) is 0 Å². The quantitative estimate of drug-likeness (QED) is 0.751. The summed E-state index contributed by atoms with van der Waals surface area (Å²) in [5, 5.41) is 12.9. The molecule has 0 aliphatic heterocycles. The van der Waals surface area contributed by atoms with E-state index in [1.165, 1.54) is 0 Å². The zero-order chi connectivity index (χ0) is 13.2. The molecule has 1 aliphatic carbocycles. The topological polar surface area (TPSA) is 79.0 Å².